The van der Waals surface area contributed by atoms with Crippen LogP contribution in [0.3, 0.4) is 0 Å². The van der Waals surface area contributed by atoms with Crippen molar-refractivity contribution >= 4 is 75.6 Å². The van der Waals surface area contributed by atoms with Crippen LogP contribution in [-0.4, -0.2) is 119 Å². The molecular formula is C48H59ClN12O8. The largest absolute Gasteiger partial charge is 0.370 e. The maximum absolute atomic E-state index is 14.4. The van der Waals surface area contributed by atoms with Crippen LogP contribution in [0.1, 0.15) is 56.4 Å². The van der Waals surface area contributed by atoms with Gasteiger partial charge in [-0.1, -0.05) is 72.3 Å². The first-order valence-corrected chi connectivity index (χ1v) is 22.9. The van der Waals surface area contributed by atoms with E-state index in [2.05, 4.69) is 41.9 Å². The minimum atomic E-state index is -1.34. The van der Waals surface area contributed by atoms with Crippen LogP contribution in [0.25, 0.3) is 10.8 Å². The SMILES string of the molecule is CC(=O)N[C@@H](Cc1ccc2ccccc2c1)C(=O)N[C@H](Cc1ccc(Cl)cc1)C(=O)N[C@H](Cc1ccccn1)C(=O)NCC(=O)N[C@H](CCCN=C(N)N)C(=O)N1CCC[C@@H]1C(=O)N[C@@H](C)C(N)=O. The van der Waals surface area contributed by atoms with Gasteiger partial charge < -0.3 is 54.0 Å². The van der Waals surface area contributed by atoms with Gasteiger partial charge in [-0.25, -0.2) is 0 Å². The Labute approximate surface area is 404 Å². The third-order valence-electron chi connectivity index (χ3n) is 11.3. The lowest BCUT2D eigenvalue weighted by molar-refractivity contribution is -0.142. The number of primary amides is 1. The van der Waals surface area contributed by atoms with E-state index in [9.17, 15) is 38.4 Å². The third kappa shape index (κ3) is 16.3. The van der Waals surface area contributed by atoms with E-state index in [4.69, 9.17) is 28.8 Å². The number of pyridine rings is 1. The van der Waals surface area contributed by atoms with Gasteiger partial charge in [-0.3, -0.25) is 48.3 Å². The molecule has 0 radical (unpaired) electrons. The summed E-state index contributed by atoms with van der Waals surface area (Å²) >= 11 is 6.16. The number of aromatic nitrogens is 1. The van der Waals surface area contributed by atoms with E-state index in [0.717, 1.165) is 16.3 Å². The van der Waals surface area contributed by atoms with Crippen molar-refractivity contribution in [2.24, 2.45) is 22.2 Å². The molecule has 1 saturated heterocycles. The van der Waals surface area contributed by atoms with Crippen LogP contribution in [0.5, 0.6) is 0 Å². The molecule has 8 amide bonds. The Morgan fingerprint density at radius 1 is 0.739 bits per heavy atom. The molecule has 20 nitrogen and oxygen atoms in total. The average Bonchev–Trinajstić information content (AvgIpc) is 3.82. The number of hydrogen-bond acceptors (Lipinski definition) is 10. The fourth-order valence-corrected chi connectivity index (χ4v) is 7.91. The summed E-state index contributed by atoms with van der Waals surface area (Å²) in [5.74, 6) is -5.50. The number of benzene rings is 3. The molecule has 12 N–H and O–H groups in total. The second kappa shape index (κ2) is 25.5. The van der Waals surface area contributed by atoms with Gasteiger partial charge in [-0.2, -0.15) is 0 Å². The maximum Gasteiger partial charge on any atom is 0.245 e. The van der Waals surface area contributed by atoms with E-state index in [0.29, 0.717) is 29.1 Å². The zero-order valence-corrected chi connectivity index (χ0v) is 39.2. The van der Waals surface area contributed by atoms with Crippen LogP contribution < -0.4 is 49.1 Å². The Morgan fingerprint density at radius 3 is 2.03 bits per heavy atom. The monoisotopic (exact) mass is 966 g/mol. The summed E-state index contributed by atoms with van der Waals surface area (Å²) in [4.78, 5) is 117. The molecule has 21 heteroatoms. The minimum Gasteiger partial charge on any atom is -0.370 e. The lowest BCUT2D eigenvalue weighted by Crippen LogP contribution is -2.58. The van der Waals surface area contributed by atoms with Gasteiger partial charge in [0.25, 0.3) is 0 Å². The fraction of sp³-hybridized carbons (Fsp3) is 0.375. The van der Waals surface area contributed by atoms with Gasteiger partial charge in [0.1, 0.15) is 36.3 Å². The Balaban J connectivity index is 1.33. The summed E-state index contributed by atoms with van der Waals surface area (Å²) in [6, 6.07) is 18.3. The number of aliphatic imine (C=N–C) groups is 1. The van der Waals surface area contributed by atoms with E-state index >= 15 is 0 Å². The molecule has 366 valence electrons. The van der Waals surface area contributed by atoms with Crippen LogP contribution in [0.4, 0.5) is 0 Å². The van der Waals surface area contributed by atoms with Crippen molar-refractivity contribution in [3.8, 4) is 0 Å². The highest BCUT2D eigenvalue weighted by atomic mass is 35.5. The number of amides is 8. The summed E-state index contributed by atoms with van der Waals surface area (Å²) < 4.78 is 0. The molecular weight excluding hydrogens is 908 g/mol. The first-order valence-electron chi connectivity index (χ1n) is 22.5. The number of rotatable bonds is 23. The van der Waals surface area contributed by atoms with Crippen molar-refractivity contribution in [1.29, 1.82) is 0 Å². The molecule has 5 rings (SSSR count). The lowest BCUT2D eigenvalue weighted by atomic mass is 10.00. The van der Waals surface area contributed by atoms with Crippen LogP contribution in [0.2, 0.25) is 5.02 Å². The number of nitrogens with two attached hydrogens (primary N) is 3. The Kier molecular flexibility index (Phi) is 19.4. The molecule has 0 saturated carbocycles. The molecule has 0 bridgehead atoms. The van der Waals surface area contributed by atoms with Crippen molar-refractivity contribution < 1.29 is 38.4 Å². The predicted molar refractivity (Wildman–Crippen MR) is 259 cm³/mol. The molecule has 4 aromatic rings. The van der Waals surface area contributed by atoms with E-state index in [1.165, 1.54) is 24.9 Å². The second-order valence-electron chi connectivity index (χ2n) is 16.7. The van der Waals surface area contributed by atoms with Gasteiger partial charge in [-0.15, -0.1) is 0 Å². The van der Waals surface area contributed by atoms with Crippen molar-refractivity contribution in [3.05, 3.63) is 113 Å². The Hall–Kier alpha value is -7.61. The first kappa shape index (κ1) is 52.4. The van der Waals surface area contributed by atoms with Crippen LogP contribution in [0, 0.1) is 0 Å². The van der Waals surface area contributed by atoms with Gasteiger partial charge >= 0.3 is 0 Å². The third-order valence-corrected chi connectivity index (χ3v) is 11.6. The van der Waals surface area contributed by atoms with E-state index in [1.807, 2.05) is 42.5 Å². The molecule has 1 aromatic heterocycles. The van der Waals surface area contributed by atoms with E-state index < -0.39 is 90.1 Å². The predicted octanol–water partition coefficient (Wildman–Crippen LogP) is 0.0260. The number of nitrogens with one attached hydrogen (secondary N) is 6. The summed E-state index contributed by atoms with van der Waals surface area (Å²) in [6.45, 7) is 2.40. The quantitative estimate of drug-likeness (QED) is 0.0271. The van der Waals surface area contributed by atoms with E-state index in [1.54, 1.807) is 42.5 Å². The number of likely N-dealkylation sites (tertiary alicyclic amines) is 1. The Morgan fingerprint density at radius 2 is 1.38 bits per heavy atom. The number of guanidine groups is 1. The van der Waals surface area contributed by atoms with Crippen molar-refractivity contribution in [3.63, 3.8) is 0 Å². The number of carbonyl (C=O) groups is 8. The molecule has 0 spiro atoms. The van der Waals surface area contributed by atoms with Gasteiger partial charge in [0.2, 0.25) is 47.3 Å². The van der Waals surface area contributed by atoms with Crippen molar-refractivity contribution in [1.82, 2.24) is 41.8 Å². The van der Waals surface area contributed by atoms with Gasteiger partial charge in [0.05, 0.1) is 6.54 Å². The topological polar surface area (TPSA) is 315 Å². The van der Waals surface area contributed by atoms with Crippen LogP contribution in [0.15, 0.2) is 96.1 Å². The molecule has 0 aliphatic carbocycles. The van der Waals surface area contributed by atoms with E-state index in [-0.39, 0.29) is 51.2 Å². The molecule has 1 aliphatic rings. The lowest BCUT2D eigenvalue weighted by Gasteiger charge is -2.29. The zero-order chi connectivity index (χ0) is 50.0. The molecule has 6 atom stereocenters. The normalized spacial score (nSPS) is 15.3. The summed E-state index contributed by atoms with van der Waals surface area (Å²) in [7, 11) is 0. The maximum atomic E-state index is 14.4. The molecule has 1 fully saturated rings. The number of hydrogen-bond donors (Lipinski definition) is 9. The summed E-state index contributed by atoms with van der Waals surface area (Å²) in [6.07, 6.45) is 2.55. The summed E-state index contributed by atoms with van der Waals surface area (Å²) in [5, 5.41) is 18.3. The van der Waals surface area contributed by atoms with Gasteiger partial charge in [-0.05, 0) is 78.8 Å². The molecule has 3 aromatic carbocycles. The molecule has 1 aliphatic heterocycles. The van der Waals surface area contributed by atoms with Gasteiger partial charge in [0, 0.05) is 56.2 Å². The number of fused-ring (bicyclic) bond motifs is 1. The fourth-order valence-electron chi connectivity index (χ4n) is 7.78. The highest BCUT2D eigenvalue weighted by Gasteiger charge is 2.38. The standard InChI is InChI=1S/C48H59ClN12O8/c1-28(42(50)64)56-46(68)40-13-8-22-61(40)47(69)36(12-7-21-54-48(51)52)58-41(63)27-55-43(65)39(26-35-11-5-6-20-53-35)60-45(67)38(24-30-15-18-34(49)19-16-30)59-44(66)37(57-29(2)62)25-31-14-17-32-9-3-4-10-33(32)23-31/h3-6,9-11,14-20,23,28,36-40H,7-8,12-13,21-22,24-27H2,1-2H3,(H2,50,64)(H,55,65)(H,56,68)(H,57,62)(H,58,63)(H,59,66)(H,60,67)(H4,51,52,54)/t28-,36+,37-,38+,39+,40+/m0/s1. The highest BCUT2D eigenvalue weighted by Crippen LogP contribution is 2.21. The highest BCUT2D eigenvalue weighted by molar-refractivity contribution is 6.30. The zero-order valence-electron chi connectivity index (χ0n) is 38.4. The van der Waals surface area contributed by atoms with Crippen molar-refractivity contribution in [2.45, 2.75) is 95.0 Å². The summed E-state index contributed by atoms with van der Waals surface area (Å²) in [5.41, 5.74) is 18.1. The van der Waals surface area contributed by atoms with Gasteiger partial charge in [0.15, 0.2) is 5.96 Å². The molecule has 69 heavy (non-hydrogen) atoms. The first-order chi connectivity index (χ1) is 33.0. The number of carbonyl (C=O) groups excluding carboxylic acids is 8. The second-order valence-corrected chi connectivity index (χ2v) is 17.2. The Bertz CT molecular complexity index is 2510. The minimum absolute atomic E-state index is 0.0415. The average molecular weight is 968 g/mol. The van der Waals surface area contributed by atoms with Crippen molar-refractivity contribution in [2.75, 3.05) is 19.6 Å². The molecule has 0 unspecified atom stereocenters. The number of halogens is 1. The van der Waals surface area contributed by atoms with Crippen LogP contribution in [-0.2, 0) is 57.6 Å². The number of nitrogens with zero attached hydrogens (tertiary/aromatic N) is 3. The van der Waals surface area contributed by atoms with Crippen LogP contribution >= 0.6 is 11.6 Å². The smallest absolute Gasteiger partial charge is 0.245 e. The molecule has 2 heterocycles.